The quantitative estimate of drug-likeness (QED) is 0.664. The Morgan fingerprint density at radius 3 is 3.04 bits per heavy atom. The van der Waals surface area contributed by atoms with E-state index >= 15 is 0 Å². The molecule has 1 aromatic heterocycles. The highest BCUT2D eigenvalue weighted by atomic mass is 79.9. The third-order valence-electron chi connectivity index (χ3n) is 4.02. The lowest BCUT2D eigenvalue weighted by molar-refractivity contribution is -0.137. The number of aliphatic carboxylic acids is 1. The summed E-state index contributed by atoms with van der Waals surface area (Å²) in [5.41, 5.74) is 4.73. The Bertz CT molecular complexity index is 764. The van der Waals surface area contributed by atoms with Crippen LogP contribution in [0.2, 0.25) is 0 Å². The summed E-state index contributed by atoms with van der Waals surface area (Å²) >= 11 is 5.25. The lowest BCUT2D eigenvalue weighted by atomic mass is 9.97. The molecule has 2 heterocycles. The van der Waals surface area contributed by atoms with Crippen LogP contribution in [0.3, 0.4) is 0 Å². The predicted octanol–water partition coefficient (Wildman–Crippen LogP) is 5.26. The largest absolute Gasteiger partial charge is 0.488 e. The van der Waals surface area contributed by atoms with E-state index in [1.165, 1.54) is 16.0 Å². The van der Waals surface area contributed by atoms with Crippen LogP contribution in [-0.4, -0.2) is 16.4 Å². The highest BCUT2D eigenvalue weighted by Gasteiger charge is 2.20. The zero-order chi connectivity index (χ0) is 16.9. The lowest BCUT2D eigenvalue weighted by Crippen LogP contribution is -1.97. The monoisotopic (exact) mass is 406 g/mol. The number of benzene rings is 1. The summed E-state index contributed by atoms with van der Waals surface area (Å²) in [6.07, 6.45) is 4.84. The fourth-order valence-corrected chi connectivity index (χ4v) is 4.07. The van der Waals surface area contributed by atoms with Gasteiger partial charge in [-0.2, -0.15) is 0 Å². The molecule has 5 heteroatoms. The molecule has 1 aliphatic rings. The highest BCUT2D eigenvalue weighted by molar-refractivity contribution is 9.09. The van der Waals surface area contributed by atoms with Crippen LogP contribution in [0.25, 0.3) is 5.57 Å². The summed E-state index contributed by atoms with van der Waals surface area (Å²) in [5, 5.41) is 11.8. The molecule has 0 saturated heterocycles. The molecule has 0 saturated carbocycles. The van der Waals surface area contributed by atoms with Crippen molar-refractivity contribution in [3.8, 4) is 5.75 Å². The van der Waals surface area contributed by atoms with Crippen LogP contribution < -0.4 is 4.74 Å². The molecule has 0 fully saturated rings. The molecular formula is C19H19BrO3S. The zero-order valence-electron chi connectivity index (χ0n) is 13.3. The van der Waals surface area contributed by atoms with Crippen molar-refractivity contribution in [3.63, 3.8) is 0 Å². The molecule has 0 unspecified atom stereocenters. The summed E-state index contributed by atoms with van der Waals surface area (Å²) in [5.74, 6) is 0.162. The number of ether oxygens (including phenoxy) is 1. The topological polar surface area (TPSA) is 46.5 Å². The van der Waals surface area contributed by atoms with Crippen LogP contribution >= 0.6 is 27.3 Å². The van der Waals surface area contributed by atoms with Crippen LogP contribution in [0.4, 0.5) is 0 Å². The minimum Gasteiger partial charge on any atom is -0.488 e. The third-order valence-corrected chi connectivity index (χ3v) is 5.47. The van der Waals surface area contributed by atoms with Gasteiger partial charge in [-0.05, 0) is 54.0 Å². The van der Waals surface area contributed by atoms with Crippen LogP contribution in [0.15, 0.2) is 35.7 Å². The molecular weight excluding hydrogens is 388 g/mol. The summed E-state index contributed by atoms with van der Waals surface area (Å²) in [7, 11) is 0. The number of thiophene rings is 1. The van der Waals surface area contributed by atoms with Gasteiger partial charge in [0.25, 0.3) is 0 Å². The van der Waals surface area contributed by atoms with Gasteiger partial charge in [-0.25, -0.2) is 0 Å². The van der Waals surface area contributed by atoms with E-state index in [0.29, 0.717) is 13.0 Å². The molecule has 0 aliphatic carbocycles. The molecule has 126 valence electrons. The summed E-state index contributed by atoms with van der Waals surface area (Å²) < 4.78 is 6.00. The van der Waals surface area contributed by atoms with Gasteiger partial charge >= 0.3 is 5.97 Å². The Hall–Kier alpha value is -1.59. The van der Waals surface area contributed by atoms with Gasteiger partial charge in [-0.3, -0.25) is 4.79 Å². The Morgan fingerprint density at radius 2 is 2.25 bits per heavy atom. The van der Waals surface area contributed by atoms with Gasteiger partial charge in [0.05, 0.1) is 0 Å². The summed E-state index contributed by atoms with van der Waals surface area (Å²) in [4.78, 5) is 12.0. The number of fused-ring (bicyclic) bond motifs is 2. The molecule has 1 aromatic carbocycles. The standard InChI is InChI=1S/C19H19BrO3S/c20-9-2-4-15-16-11-13(3-1-5-18(21)22)6-7-17(16)23-12-14-8-10-24-19(14)15/h4,6-8,10-11H,1-3,5,9,12H2,(H,21,22)/b15-4+. The van der Waals surface area contributed by atoms with E-state index in [0.717, 1.165) is 35.0 Å². The fraction of sp³-hybridized carbons (Fsp3) is 0.316. The van der Waals surface area contributed by atoms with Crippen LogP contribution in [-0.2, 0) is 17.8 Å². The molecule has 3 rings (SSSR count). The number of carbonyl (C=O) groups is 1. The van der Waals surface area contributed by atoms with Gasteiger partial charge in [-0.1, -0.05) is 28.1 Å². The Balaban J connectivity index is 1.95. The minimum absolute atomic E-state index is 0.203. The van der Waals surface area contributed by atoms with Crippen molar-refractivity contribution < 1.29 is 14.6 Å². The van der Waals surface area contributed by atoms with E-state index in [2.05, 4.69) is 39.5 Å². The van der Waals surface area contributed by atoms with E-state index in [9.17, 15) is 4.79 Å². The van der Waals surface area contributed by atoms with E-state index in [4.69, 9.17) is 9.84 Å². The van der Waals surface area contributed by atoms with Crippen LogP contribution in [0, 0.1) is 0 Å². The lowest BCUT2D eigenvalue weighted by Gasteiger charge is -2.12. The number of aryl methyl sites for hydroxylation is 1. The van der Waals surface area contributed by atoms with Gasteiger partial charge in [0.1, 0.15) is 12.4 Å². The second-order valence-corrected chi connectivity index (χ2v) is 7.45. The molecule has 1 aliphatic heterocycles. The molecule has 0 spiro atoms. The van der Waals surface area contributed by atoms with Crippen molar-refractivity contribution >= 4 is 38.8 Å². The Labute approximate surface area is 154 Å². The molecule has 0 bridgehead atoms. The molecule has 0 radical (unpaired) electrons. The maximum Gasteiger partial charge on any atom is 0.303 e. The number of hydrogen-bond acceptors (Lipinski definition) is 3. The zero-order valence-corrected chi connectivity index (χ0v) is 15.7. The van der Waals surface area contributed by atoms with E-state index in [-0.39, 0.29) is 6.42 Å². The molecule has 1 N–H and O–H groups in total. The molecule has 3 nitrogen and oxygen atoms in total. The van der Waals surface area contributed by atoms with Crippen molar-refractivity contribution in [3.05, 3.63) is 57.3 Å². The van der Waals surface area contributed by atoms with Gasteiger partial charge in [0.2, 0.25) is 0 Å². The van der Waals surface area contributed by atoms with Crippen molar-refractivity contribution in [2.24, 2.45) is 0 Å². The van der Waals surface area contributed by atoms with Crippen molar-refractivity contribution in [1.82, 2.24) is 0 Å². The Kier molecular flexibility index (Phi) is 5.74. The first-order valence-electron chi connectivity index (χ1n) is 8.00. The van der Waals surface area contributed by atoms with Crippen LogP contribution in [0.5, 0.6) is 5.75 Å². The number of hydrogen-bond donors (Lipinski definition) is 1. The smallest absolute Gasteiger partial charge is 0.303 e. The number of carboxylic acid groups (broad SMARTS) is 1. The maximum atomic E-state index is 10.7. The van der Waals surface area contributed by atoms with Gasteiger partial charge < -0.3 is 9.84 Å². The number of rotatable bonds is 6. The fourth-order valence-electron chi connectivity index (χ4n) is 2.88. The molecule has 0 atom stereocenters. The van der Waals surface area contributed by atoms with E-state index in [1.807, 2.05) is 12.1 Å². The van der Waals surface area contributed by atoms with Gasteiger partial charge in [-0.15, -0.1) is 11.3 Å². The number of halogens is 1. The average Bonchev–Trinajstić information content (AvgIpc) is 2.97. The van der Waals surface area contributed by atoms with Crippen molar-refractivity contribution in [1.29, 1.82) is 0 Å². The number of carboxylic acids is 1. The van der Waals surface area contributed by atoms with Gasteiger partial charge in [0.15, 0.2) is 0 Å². The Morgan fingerprint density at radius 1 is 1.38 bits per heavy atom. The molecule has 24 heavy (non-hydrogen) atoms. The second-order valence-electron chi connectivity index (χ2n) is 5.74. The SMILES string of the molecule is O=C(O)CCCc1ccc2c(c1)/C(=C\CCBr)c1sccc1CO2. The van der Waals surface area contributed by atoms with Gasteiger partial charge in [0, 0.05) is 27.8 Å². The first-order chi connectivity index (χ1) is 11.7. The normalized spacial score (nSPS) is 14.6. The maximum absolute atomic E-state index is 10.7. The first-order valence-corrected chi connectivity index (χ1v) is 10.00. The molecule has 2 aromatic rings. The third kappa shape index (κ3) is 3.90. The number of allylic oxidation sites excluding steroid dienone is 1. The highest BCUT2D eigenvalue weighted by Crippen LogP contribution is 2.40. The summed E-state index contributed by atoms with van der Waals surface area (Å²) in [6, 6.07) is 8.35. The summed E-state index contributed by atoms with van der Waals surface area (Å²) in [6.45, 7) is 0.593. The second kappa shape index (κ2) is 7.99. The molecule has 0 amide bonds. The first kappa shape index (κ1) is 17.2. The number of alkyl halides is 1. The predicted molar refractivity (Wildman–Crippen MR) is 101 cm³/mol. The average molecular weight is 407 g/mol. The van der Waals surface area contributed by atoms with Crippen LogP contribution in [0.1, 0.15) is 40.8 Å². The van der Waals surface area contributed by atoms with E-state index in [1.54, 1.807) is 11.3 Å². The minimum atomic E-state index is -0.741. The van der Waals surface area contributed by atoms with E-state index < -0.39 is 5.97 Å². The van der Waals surface area contributed by atoms with Crippen molar-refractivity contribution in [2.45, 2.75) is 32.3 Å². The van der Waals surface area contributed by atoms with Crippen molar-refractivity contribution in [2.75, 3.05) is 5.33 Å².